The summed E-state index contributed by atoms with van der Waals surface area (Å²) in [5, 5.41) is 10.2. The van der Waals surface area contributed by atoms with E-state index in [-0.39, 0.29) is 6.04 Å². The number of hydrogen-bond donors (Lipinski definition) is 2. The van der Waals surface area contributed by atoms with Crippen molar-refractivity contribution in [3.05, 3.63) is 40.9 Å². The Balaban J connectivity index is 2.12. The van der Waals surface area contributed by atoms with Crippen LogP contribution in [0, 0.1) is 0 Å². The molecule has 102 valence electrons. The Labute approximate surface area is 117 Å². The van der Waals surface area contributed by atoms with Crippen LogP contribution in [0.25, 0.3) is 0 Å². The summed E-state index contributed by atoms with van der Waals surface area (Å²) in [5.41, 5.74) is 6.77. The molecule has 0 saturated heterocycles. The number of anilines is 1. The molecule has 1 aromatic heterocycles. The molecule has 0 aliphatic carbocycles. The Bertz CT molecular complexity index is 541. The largest absolute Gasteiger partial charge is 0.508 e. The number of benzene rings is 1. The van der Waals surface area contributed by atoms with E-state index < -0.39 is 0 Å². The van der Waals surface area contributed by atoms with Crippen LogP contribution in [0.4, 0.5) is 5.13 Å². The summed E-state index contributed by atoms with van der Waals surface area (Å²) in [6.07, 6.45) is 1.83. The number of aromatic nitrogens is 1. The number of hydrogen-bond acceptors (Lipinski definition) is 5. The lowest BCUT2D eigenvalue weighted by Crippen LogP contribution is -2.25. The van der Waals surface area contributed by atoms with Gasteiger partial charge in [-0.3, -0.25) is 4.90 Å². The molecule has 19 heavy (non-hydrogen) atoms. The molecule has 0 fully saturated rings. The number of phenols is 1. The van der Waals surface area contributed by atoms with E-state index >= 15 is 0 Å². The normalized spacial score (nSPS) is 12.8. The van der Waals surface area contributed by atoms with Crippen molar-refractivity contribution >= 4 is 16.5 Å². The third-order valence-corrected chi connectivity index (χ3v) is 4.05. The molecule has 3 N–H and O–H groups in total. The summed E-state index contributed by atoms with van der Waals surface area (Å²) in [5.74, 6) is 0.308. The minimum absolute atomic E-state index is 0.237. The van der Waals surface area contributed by atoms with Gasteiger partial charge in [0.25, 0.3) is 0 Å². The van der Waals surface area contributed by atoms with Crippen molar-refractivity contribution in [1.82, 2.24) is 9.88 Å². The molecule has 2 rings (SSSR count). The molecule has 1 heterocycles. The van der Waals surface area contributed by atoms with Gasteiger partial charge in [0.05, 0.1) is 0 Å². The Morgan fingerprint density at radius 3 is 2.84 bits per heavy atom. The molecule has 0 spiro atoms. The van der Waals surface area contributed by atoms with Gasteiger partial charge in [-0.15, -0.1) is 11.3 Å². The third-order valence-electron chi connectivity index (χ3n) is 3.24. The van der Waals surface area contributed by atoms with Crippen molar-refractivity contribution in [2.45, 2.75) is 26.4 Å². The number of nitrogen functional groups attached to an aromatic ring is 1. The van der Waals surface area contributed by atoms with Crippen LogP contribution >= 0.6 is 11.3 Å². The van der Waals surface area contributed by atoms with Gasteiger partial charge in [-0.2, -0.15) is 0 Å². The first-order valence-electron chi connectivity index (χ1n) is 6.33. The Hall–Kier alpha value is -1.59. The number of rotatable bonds is 5. The number of thiazole rings is 1. The second-order valence-corrected chi connectivity index (χ2v) is 5.65. The number of aromatic hydroxyl groups is 1. The summed E-state index contributed by atoms with van der Waals surface area (Å²) in [6.45, 7) is 6.02. The Kier molecular flexibility index (Phi) is 4.39. The highest BCUT2D eigenvalue weighted by Gasteiger charge is 2.16. The lowest BCUT2D eigenvalue weighted by molar-refractivity contribution is 0.214. The summed E-state index contributed by atoms with van der Waals surface area (Å²) in [4.78, 5) is 7.56. The van der Waals surface area contributed by atoms with Crippen LogP contribution in [0.15, 0.2) is 30.5 Å². The van der Waals surface area contributed by atoms with Gasteiger partial charge < -0.3 is 10.8 Å². The lowest BCUT2D eigenvalue weighted by Gasteiger charge is -2.27. The molecule has 0 saturated carbocycles. The summed E-state index contributed by atoms with van der Waals surface area (Å²) in [7, 11) is 0. The van der Waals surface area contributed by atoms with E-state index in [0.29, 0.717) is 10.9 Å². The monoisotopic (exact) mass is 277 g/mol. The van der Waals surface area contributed by atoms with Gasteiger partial charge in [0.15, 0.2) is 5.13 Å². The average molecular weight is 277 g/mol. The number of nitrogens with two attached hydrogens (primary N) is 1. The van der Waals surface area contributed by atoms with Gasteiger partial charge >= 0.3 is 0 Å². The average Bonchev–Trinajstić information content (AvgIpc) is 2.81. The SMILES string of the molecule is CCN(Cc1cnc(N)s1)C(C)c1cccc(O)c1. The molecule has 0 aliphatic rings. The van der Waals surface area contributed by atoms with Crippen LogP contribution in [0.2, 0.25) is 0 Å². The van der Waals surface area contributed by atoms with Crippen molar-refractivity contribution < 1.29 is 5.11 Å². The fraction of sp³-hybridized carbons (Fsp3) is 0.357. The maximum Gasteiger partial charge on any atom is 0.180 e. The van der Waals surface area contributed by atoms with Crippen molar-refractivity contribution in [2.75, 3.05) is 12.3 Å². The topological polar surface area (TPSA) is 62.4 Å². The molecule has 1 atom stereocenters. The first-order chi connectivity index (χ1) is 9.10. The van der Waals surface area contributed by atoms with Gasteiger partial charge in [-0.1, -0.05) is 19.1 Å². The second-order valence-electron chi connectivity index (χ2n) is 4.50. The van der Waals surface area contributed by atoms with Crippen molar-refractivity contribution in [3.8, 4) is 5.75 Å². The van der Waals surface area contributed by atoms with Crippen LogP contribution in [0.1, 0.15) is 30.3 Å². The zero-order valence-corrected chi connectivity index (χ0v) is 12.0. The molecule has 1 unspecified atom stereocenters. The minimum atomic E-state index is 0.237. The highest BCUT2D eigenvalue weighted by atomic mass is 32.1. The quantitative estimate of drug-likeness (QED) is 0.882. The highest BCUT2D eigenvalue weighted by molar-refractivity contribution is 7.15. The van der Waals surface area contributed by atoms with E-state index in [1.54, 1.807) is 6.07 Å². The van der Waals surface area contributed by atoms with Crippen LogP contribution in [0.3, 0.4) is 0 Å². The predicted molar refractivity (Wildman–Crippen MR) is 79.1 cm³/mol. The van der Waals surface area contributed by atoms with Crippen LogP contribution in [-0.2, 0) is 6.54 Å². The number of nitrogens with zero attached hydrogens (tertiary/aromatic N) is 2. The molecule has 0 radical (unpaired) electrons. The molecule has 2 aromatic rings. The molecule has 1 aromatic carbocycles. The zero-order chi connectivity index (χ0) is 13.8. The summed E-state index contributed by atoms with van der Waals surface area (Å²) < 4.78 is 0. The fourth-order valence-corrected chi connectivity index (χ4v) is 2.82. The maximum atomic E-state index is 9.57. The first kappa shape index (κ1) is 13.8. The van der Waals surface area contributed by atoms with E-state index in [9.17, 15) is 5.11 Å². The fourth-order valence-electron chi connectivity index (χ4n) is 2.11. The van der Waals surface area contributed by atoms with Crippen LogP contribution < -0.4 is 5.73 Å². The molecule has 4 nitrogen and oxygen atoms in total. The van der Waals surface area contributed by atoms with Crippen molar-refractivity contribution in [3.63, 3.8) is 0 Å². The molecular weight excluding hydrogens is 258 g/mol. The maximum absolute atomic E-state index is 9.57. The third kappa shape index (κ3) is 3.45. The van der Waals surface area contributed by atoms with Gasteiger partial charge in [-0.05, 0) is 31.2 Å². The highest BCUT2D eigenvalue weighted by Crippen LogP contribution is 2.26. The second kappa shape index (κ2) is 6.04. The van der Waals surface area contributed by atoms with Gasteiger partial charge in [0.1, 0.15) is 5.75 Å². The Morgan fingerprint density at radius 2 is 2.26 bits per heavy atom. The molecular formula is C14H19N3OS. The number of phenolic OH excluding ortho intramolecular Hbond substituents is 1. The van der Waals surface area contributed by atoms with E-state index in [2.05, 4.69) is 23.7 Å². The van der Waals surface area contributed by atoms with Gasteiger partial charge in [0, 0.05) is 23.7 Å². The molecule has 0 amide bonds. The minimum Gasteiger partial charge on any atom is -0.508 e. The standard InChI is InChI=1S/C14H19N3OS/c1-3-17(9-13-8-16-14(15)19-13)10(2)11-5-4-6-12(18)7-11/h4-8,10,18H,3,9H2,1-2H3,(H2,15,16). The van der Waals surface area contributed by atoms with Crippen LogP contribution in [0.5, 0.6) is 5.75 Å². The smallest absolute Gasteiger partial charge is 0.180 e. The summed E-state index contributed by atoms with van der Waals surface area (Å²) >= 11 is 1.52. The van der Waals surface area contributed by atoms with Crippen molar-refractivity contribution in [1.29, 1.82) is 0 Å². The lowest BCUT2D eigenvalue weighted by atomic mass is 10.1. The van der Waals surface area contributed by atoms with E-state index in [0.717, 1.165) is 23.5 Å². The van der Waals surface area contributed by atoms with Crippen LogP contribution in [-0.4, -0.2) is 21.5 Å². The van der Waals surface area contributed by atoms with E-state index in [4.69, 9.17) is 5.73 Å². The van der Waals surface area contributed by atoms with Gasteiger partial charge in [0.2, 0.25) is 0 Å². The predicted octanol–water partition coefficient (Wildman–Crippen LogP) is 3.01. The van der Waals surface area contributed by atoms with Crippen molar-refractivity contribution in [2.24, 2.45) is 0 Å². The zero-order valence-electron chi connectivity index (χ0n) is 11.2. The summed E-state index contributed by atoms with van der Waals surface area (Å²) in [6, 6.07) is 7.65. The Morgan fingerprint density at radius 1 is 1.47 bits per heavy atom. The van der Waals surface area contributed by atoms with Gasteiger partial charge in [-0.25, -0.2) is 4.98 Å². The van der Waals surface area contributed by atoms with E-state index in [1.807, 2.05) is 24.4 Å². The van der Waals surface area contributed by atoms with E-state index in [1.165, 1.54) is 11.3 Å². The molecule has 5 heteroatoms. The molecule has 0 aliphatic heterocycles. The first-order valence-corrected chi connectivity index (χ1v) is 7.15. The molecule has 0 bridgehead atoms.